The van der Waals surface area contributed by atoms with Crippen LogP contribution in [0.2, 0.25) is 0 Å². The standard InChI is InChI=1S/C21H20N7O2.2C2H4O2.Zn/c1-14(25-27-20(29)16-6-10-22-11-7-16)18-4-3-5-19(24-18)15(2)26-28-21(30)17-8-12-23-13-9-17;2*1-2(3)4;/h3-13,18H,1-2H3,(H,27,29)(H,28,30);2*1H3,(H,3,4);/q-1;;;+2/p-2/b25-14+,26-15+;;;. The summed E-state index contributed by atoms with van der Waals surface area (Å²) in [6.45, 7) is 5.46. The van der Waals surface area contributed by atoms with E-state index in [1.165, 1.54) is 24.8 Å². The van der Waals surface area contributed by atoms with E-state index >= 15 is 0 Å². The summed E-state index contributed by atoms with van der Waals surface area (Å²) in [6, 6.07) is 6.05. The number of hydrogen-bond acceptors (Lipinski definition) is 10. The molecule has 2 N–H and O–H groups in total. The number of carboxylic acids is 2. The van der Waals surface area contributed by atoms with Gasteiger partial charge in [-0.1, -0.05) is 24.3 Å². The van der Waals surface area contributed by atoms with Crippen molar-refractivity contribution >= 4 is 35.2 Å². The number of pyridine rings is 2. The molecule has 2 amide bonds. The first kappa shape index (κ1) is 34.4. The average Bonchev–Trinajstić information content (AvgIpc) is 2.90. The number of aromatic nitrogens is 2. The molecule has 3 rings (SSSR count). The molecule has 200 valence electrons. The Morgan fingerprint density at radius 3 is 1.64 bits per heavy atom. The van der Waals surface area contributed by atoms with E-state index in [-0.39, 0.29) is 37.3 Å². The SMILES string of the molecule is C/C(=N\NC(=O)c1ccncc1)C1=CC=CC(/C(C)=N/NC(=O)c2ccncc2)[N-]1.CC(=O)[O-].CC(=O)[O-].[Zn+2]. The molecule has 14 heteroatoms. The molecule has 3 heterocycles. The van der Waals surface area contributed by atoms with Gasteiger partial charge in [0.1, 0.15) is 0 Å². The van der Waals surface area contributed by atoms with E-state index in [1.807, 2.05) is 12.2 Å². The van der Waals surface area contributed by atoms with E-state index in [2.05, 4.69) is 36.3 Å². The van der Waals surface area contributed by atoms with Crippen LogP contribution in [0.25, 0.3) is 5.32 Å². The van der Waals surface area contributed by atoms with Crippen molar-refractivity contribution < 1.29 is 48.9 Å². The van der Waals surface area contributed by atoms with Gasteiger partial charge in [-0.3, -0.25) is 19.6 Å². The van der Waals surface area contributed by atoms with Gasteiger partial charge in [-0.15, -0.1) is 5.70 Å². The number of carboxylic acid groups (broad SMARTS) is 2. The Kier molecular flexibility index (Phi) is 16.4. The van der Waals surface area contributed by atoms with Crippen molar-refractivity contribution in [3.05, 3.63) is 89.4 Å². The molecule has 39 heavy (non-hydrogen) atoms. The second kappa shape index (κ2) is 18.6. The first-order chi connectivity index (χ1) is 18.0. The van der Waals surface area contributed by atoms with Crippen LogP contribution in [-0.4, -0.2) is 51.2 Å². The second-order valence-electron chi connectivity index (χ2n) is 7.30. The number of aliphatic carboxylic acids is 2. The van der Waals surface area contributed by atoms with Crippen LogP contribution in [0.3, 0.4) is 0 Å². The van der Waals surface area contributed by atoms with Crippen molar-refractivity contribution in [3.63, 3.8) is 0 Å². The van der Waals surface area contributed by atoms with Gasteiger partial charge in [-0.25, -0.2) is 10.9 Å². The Balaban J connectivity index is 0.00000142. The van der Waals surface area contributed by atoms with Crippen LogP contribution in [0.5, 0.6) is 0 Å². The minimum absolute atomic E-state index is 0. The summed E-state index contributed by atoms with van der Waals surface area (Å²) in [6.07, 6.45) is 11.6. The maximum absolute atomic E-state index is 12.1. The monoisotopic (exact) mass is 584 g/mol. The molecular formula is C25H26N7O6Zn-. The van der Waals surface area contributed by atoms with Crippen LogP contribution >= 0.6 is 0 Å². The molecule has 2 aromatic rings. The fourth-order valence-corrected chi connectivity index (χ4v) is 2.47. The van der Waals surface area contributed by atoms with E-state index in [1.54, 1.807) is 44.2 Å². The summed E-state index contributed by atoms with van der Waals surface area (Å²) in [5, 5.41) is 30.6. The van der Waals surface area contributed by atoms with Gasteiger partial charge >= 0.3 is 19.5 Å². The quantitative estimate of drug-likeness (QED) is 0.269. The summed E-state index contributed by atoms with van der Waals surface area (Å²) >= 11 is 0. The van der Waals surface area contributed by atoms with Crippen molar-refractivity contribution in [2.24, 2.45) is 10.2 Å². The summed E-state index contributed by atoms with van der Waals surface area (Å²) < 4.78 is 0. The molecule has 1 aliphatic rings. The predicted molar refractivity (Wildman–Crippen MR) is 135 cm³/mol. The molecule has 0 saturated heterocycles. The molecule has 1 atom stereocenters. The van der Waals surface area contributed by atoms with Crippen LogP contribution in [0, 0.1) is 0 Å². The molecule has 0 spiro atoms. The summed E-state index contributed by atoms with van der Waals surface area (Å²) in [5.74, 6) is -2.83. The smallest absolute Gasteiger partial charge is 0.672 e. The third-order valence-corrected chi connectivity index (χ3v) is 4.17. The van der Waals surface area contributed by atoms with Crippen molar-refractivity contribution in [1.82, 2.24) is 20.8 Å². The summed E-state index contributed by atoms with van der Waals surface area (Å²) in [4.78, 5) is 49.7. The Morgan fingerprint density at radius 1 is 0.795 bits per heavy atom. The Bertz CT molecular complexity index is 1210. The largest absolute Gasteiger partial charge is 2.00 e. The zero-order valence-corrected chi connectivity index (χ0v) is 24.8. The van der Waals surface area contributed by atoms with Crippen LogP contribution in [0.15, 0.2) is 83.2 Å². The van der Waals surface area contributed by atoms with Gasteiger partial charge in [0, 0.05) is 59.3 Å². The maximum Gasteiger partial charge on any atom is 2.00 e. The van der Waals surface area contributed by atoms with E-state index in [4.69, 9.17) is 19.8 Å². The number of hydrogen-bond donors (Lipinski definition) is 2. The minimum atomic E-state index is -1.08. The van der Waals surface area contributed by atoms with Crippen molar-refractivity contribution in [3.8, 4) is 0 Å². The van der Waals surface area contributed by atoms with Crippen LogP contribution < -0.4 is 21.1 Å². The van der Waals surface area contributed by atoms with Gasteiger partial charge in [0.25, 0.3) is 11.8 Å². The van der Waals surface area contributed by atoms with Crippen molar-refractivity contribution in [2.45, 2.75) is 33.7 Å². The van der Waals surface area contributed by atoms with E-state index in [0.29, 0.717) is 28.2 Å². The predicted octanol–water partition coefficient (Wildman–Crippen LogP) is 0.0941. The summed E-state index contributed by atoms with van der Waals surface area (Å²) in [5.41, 5.74) is 7.69. The van der Waals surface area contributed by atoms with E-state index in [9.17, 15) is 9.59 Å². The topological polar surface area (TPSA) is 203 Å². The molecule has 0 fully saturated rings. The first-order valence-electron chi connectivity index (χ1n) is 10.9. The number of rotatable bonds is 6. The first-order valence-corrected chi connectivity index (χ1v) is 10.9. The van der Waals surface area contributed by atoms with Gasteiger partial charge in [-0.2, -0.15) is 10.2 Å². The Hall–Kier alpha value is -4.58. The third kappa shape index (κ3) is 14.7. The fourth-order valence-electron chi connectivity index (χ4n) is 2.47. The number of carbonyl (C=O) groups excluding carboxylic acids is 4. The van der Waals surface area contributed by atoms with E-state index < -0.39 is 11.9 Å². The number of nitrogens with one attached hydrogen (secondary N) is 2. The number of hydrazone groups is 2. The number of carbonyl (C=O) groups is 4. The molecule has 0 aromatic carbocycles. The van der Waals surface area contributed by atoms with Crippen LogP contribution in [0.4, 0.5) is 0 Å². The number of amides is 2. The molecule has 1 unspecified atom stereocenters. The fraction of sp³-hybridized carbons (Fsp3) is 0.200. The third-order valence-electron chi connectivity index (χ3n) is 4.17. The molecular weight excluding hydrogens is 560 g/mol. The number of allylic oxidation sites excluding steroid dienone is 3. The molecule has 2 aromatic heterocycles. The molecule has 0 bridgehead atoms. The van der Waals surface area contributed by atoms with Crippen LogP contribution in [0.1, 0.15) is 48.4 Å². The normalized spacial score (nSPS) is 13.8. The van der Waals surface area contributed by atoms with Gasteiger partial charge in [0.05, 0.1) is 0 Å². The maximum atomic E-state index is 12.1. The molecule has 0 radical (unpaired) electrons. The van der Waals surface area contributed by atoms with Gasteiger partial charge in [0.15, 0.2) is 0 Å². The zero-order chi connectivity index (χ0) is 28.5. The van der Waals surface area contributed by atoms with Crippen molar-refractivity contribution in [2.75, 3.05) is 0 Å². The molecule has 0 aliphatic carbocycles. The second-order valence-corrected chi connectivity index (χ2v) is 7.30. The summed E-state index contributed by atoms with van der Waals surface area (Å²) in [7, 11) is 0. The average molecular weight is 586 g/mol. The minimum Gasteiger partial charge on any atom is -0.672 e. The molecule has 0 saturated carbocycles. The molecule has 1 aliphatic heterocycles. The zero-order valence-electron chi connectivity index (χ0n) is 21.8. The van der Waals surface area contributed by atoms with Crippen molar-refractivity contribution in [1.29, 1.82) is 0 Å². The van der Waals surface area contributed by atoms with E-state index in [0.717, 1.165) is 13.8 Å². The molecule has 13 nitrogen and oxygen atoms in total. The van der Waals surface area contributed by atoms with Gasteiger partial charge in [0.2, 0.25) is 0 Å². The van der Waals surface area contributed by atoms with Gasteiger partial charge < -0.3 is 25.1 Å². The van der Waals surface area contributed by atoms with Crippen LogP contribution in [-0.2, 0) is 29.1 Å². The Morgan fingerprint density at radius 2 is 1.21 bits per heavy atom. The Labute approximate surface area is 238 Å². The number of nitrogens with zero attached hydrogens (tertiary/aromatic N) is 5. The van der Waals surface area contributed by atoms with Gasteiger partial charge in [-0.05, 0) is 52.0 Å².